The molecule has 2 N–H and O–H groups in total. The lowest BCUT2D eigenvalue weighted by molar-refractivity contribution is -0.274. The number of ether oxygens (including phenoxy) is 1. The second-order valence-electron chi connectivity index (χ2n) is 7.91. The van der Waals surface area contributed by atoms with E-state index in [2.05, 4.69) is 9.72 Å². The maximum Gasteiger partial charge on any atom is 0.573 e. The predicted molar refractivity (Wildman–Crippen MR) is 121 cm³/mol. The molecule has 0 saturated heterocycles. The fraction of sp³-hybridized carbons (Fsp3) is 0.167. The van der Waals surface area contributed by atoms with Crippen molar-refractivity contribution in [2.45, 2.75) is 29.9 Å². The van der Waals surface area contributed by atoms with Crippen molar-refractivity contribution in [2.24, 2.45) is 0 Å². The molecule has 1 aromatic carbocycles. The number of hydrogen-bond donors (Lipinski definition) is 2. The van der Waals surface area contributed by atoms with E-state index in [4.69, 9.17) is 0 Å². The van der Waals surface area contributed by atoms with Gasteiger partial charge in [-0.15, -0.1) is 13.2 Å². The first-order valence-electron chi connectivity index (χ1n) is 10.4. The zero-order valence-electron chi connectivity index (χ0n) is 18.6. The van der Waals surface area contributed by atoms with Crippen LogP contribution in [0.5, 0.6) is 5.75 Å². The lowest BCUT2D eigenvalue weighted by Crippen LogP contribution is -2.19. The normalized spacial score (nSPS) is 12.9. The Balaban J connectivity index is 1.96. The van der Waals surface area contributed by atoms with Crippen molar-refractivity contribution in [2.75, 3.05) is 0 Å². The van der Waals surface area contributed by atoms with E-state index in [1.54, 1.807) is 19.1 Å². The van der Waals surface area contributed by atoms with Crippen LogP contribution < -0.4 is 4.74 Å². The van der Waals surface area contributed by atoms with Crippen molar-refractivity contribution in [3.8, 4) is 11.8 Å². The minimum absolute atomic E-state index is 0.205. The molecule has 3 aromatic heterocycles. The van der Waals surface area contributed by atoms with Gasteiger partial charge in [0.2, 0.25) is 0 Å². The third-order valence-corrected chi connectivity index (χ3v) is 7.69. The van der Waals surface area contributed by atoms with Crippen LogP contribution >= 0.6 is 0 Å². The van der Waals surface area contributed by atoms with E-state index in [0.717, 1.165) is 24.3 Å². The summed E-state index contributed by atoms with van der Waals surface area (Å²) >= 11 is 0. The maximum atomic E-state index is 13.9. The molecule has 0 aliphatic heterocycles. The van der Waals surface area contributed by atoms with Gasteiger partial charge in [0.05, 0.1) is 22.6 Å². The van der Waals surface area contributed by atoms with E-state index >= 15 is 0 Å². The topological polar surface area (TPSA) is 125 Å². The van der Waals surface area contributed by atoms with Crippen LogP contribution in [0.2, 0.25) is 0 Å². The molecule has 4 rings (SSSR count). The Morgan fingerprint density at radius 2 is 1.89 bits per heavy atom. The highest BCUT2D eigenvalue weighted by Crippen LogP contribution is 2.40. The number of aromatic nitrogens is 2. The quantitative estimate of drug-likeness (QED) is 0.371. The number of carboxylic acids is 1. The van der Waals surface area contributed by atoms with E-state index in [1.807, 2.05) is 6.07 Å². The zero-order valence-corrected chi connectivity index (χ0v) is 19.4. The van der Waals surface area contributed by atoms with Crippen LogP contribution in [0.25, 0.3) is 5.52 Å². The summed E-state index contributed by atoms with van der Waals surface area (Å²) in [5.41, 5.74) is 1.87. The summed E-state index contributed by atoms with van der Waals surface area (Å²) in [6, 6.07) is 12.0. The van der Waals surface area contributed by atoms with Crippen LogP contribution in [0.4, 0.5) is 13.2 Å². The van der Waals surface area contributed by atoms with Crippen molar-refractivity contribution in [1.82, 2.24) is 9.38 Å². The number of benzene rings is 1. The molecular weight excluding hydrogens is 499 g/mol. The molecule has 12 heteroatoms. The molecular formula is C24H18F3N3O5S. The number of aromatic amines is 1. The van der Waals surface area contributed by atoms with Gasteiger partial charge in [0.25, 0.3) is 0 Å². The third kappa shape index (κ3) is 4.65. The number of pyridine rings is 1. The Kier molecular flexibility index (Phi) is 6.28. The number of sulfone groups is 1. The molecule has 0 aliphatic carbocycles. The molecule has 3 heterocycles. The molecule has 1 unspecified atom stereocenters. The Morgan fingerprint density at radius 1 is 1.19 bits per heavy atom. The van der Waals surface area contributed by atoms with Crippen LogP contribution in [0.15, 0.2) is 65.8 Å². The molecule has 186 valence electrons. The first-order chi connectivity index (χ1) is 16.9. The molecule has 0 saturated carbocycles. The Hall–Kier alpha value is -4.24. The number of nitrogens with zero attached hydrogens (tertiary/aromatic N) is 2. The molecule has 0 spiro atoms. The molecule has 0 bridgehead atoms. The first kappa shape index (κ1) is 24.9. The summed E-state index contributed by atoms with van der Waals surface area (Å²) in [4.78, 5) is 14.2. The van der Waals surface area contributed by atoms with E-state index in [9.17, 15) is 36.8 Å². The molecule has 36 heavy (non-hydrogen) atoms. The van der Waals surface area contributed by atoms with Gasteiger partial charge in [-0.25, -0.2) is 8.42 Å². The number of nitriles is 1. The van der Waals surface area contributed by atoms with Crippen LogP contribution in [0.3, 0.4) is 0 Å². The smallest absolute Gasteiger partial charge is 0.481 e. The monoisotopic (exact) mass is 517 g/mol. The number of carbonyl (C=O) groups is 1. The molecule has 0 radical (unpaired) electrons. The summed E-state index contributed by atoms with van der Waals surface area (Å²) in [7, 11) is -4.31. The van der Waals surface area contributed by atoms with E-state index < -0.39 is 33.2 Å². The highest BCUT2D eigenvalue weighted by molar-refractivity contribution is 7.91. The summed E-state index contributed by atoms with van der Waals surface area (Å²) in [5, 5.41) is 17.5. The Morgan fingerprint density at radius 3 is 2.44 bits per heavy atom. The van der Waals surface area contributed by atoms with Gasteiger partial charge >= 0.3 is 12.3 Å². The minimum atomic E-state index is -4.94. The van der Waals surface area contributed by atoms with Crippen LogP contribution in [-0.4, -0.2) is 35.2 Å². The second kappa shape index (κ2) is 9.09. The molecule has 4 aromatic rings. The second-order valence-corrected chi connectivity index (χ2v) is 9.95. The largest absolute Gasteiger partial charge is 0.573 e. The standard InChI is InChI=1S/C24H18F3N3O5S/c1-14-18(11-21(31)32)20-9-4-15(12-28)13-30(20)22(14)23(19-3-2-10-29-19)36(33,34)17-7-5-16(6-8-17)35-24(25,26)27/h2-10,13,23,29H,11H2,1H3,(H,31,32). The number of hydrogen-bond acceptors (Lipinski definition) is 5. The summed E-state index contributed by atoms with van der Waals surface area (Å²) < 4.78 is 70.8. The first-order valence-corrected chi connectivity index (χ1v) is 12.0. The predicted octanol–water partition coefficient (Wildman–Crippen LogP) is 4.54. The number of alkyl halides is 3. The van der Waals surface area contributed by atoms with Gasteiger partial charge in [0, 0.05) is 23.6 Å². The molecule has 1 atom stereocenters. The lowest BCUT2D eigenvalue weighted by atomic mass is 10.1. The molecule has 0 aliphatic rings. The molecule has 8 nitrogen and oxygen atoms in total. The lowest BCUT2D eigenvalue weighted by Gasteiger charge is -2.19. The van der Waals surface area contributed by atoms with E-state index in [0.29, 0.717) is 16.6 Å². The highest BCUT2D eigenvalue weighted by atomic mass is 32.2. The number of halogens is 3. The minimum Gasteiger partial charge on any atom is -0.481 e. The number of aliphatic carboxylic acids is 1. The van der Waals surface area contributed by atoms with Gasteiger partial charge in [0.15, 0.2) is 9.84 Å². The summed E-state index contributed by atoms with van der Waals surface area (Å²) in [5.74, 6) is -1.70. The number of nitrogens with one attached hydrogen (secondary N) is 1. The highest BCUT2D eigenvalue weighted by Gasteiger charge is 2.37. The average molecular weight is 517 g/mol. The fourth-order valence-electron chi connectivity index (χ4n) is 4.17. The van der Waals surface area contributed by atoms with Crippen molar-refractivity contribution >= 4 is 21.3 Å². The maximum absolute atomic E-state index is 13.9. The summed E-state index contributed by atoms with van der Waals surface area (Å²) in [6.45, 7) is 1.60. The van der Waals surface area contributed by atoms with Gasteiger partial charge in [0.1, 0.15) is 17.1 Å². The van der Waals surface area contributed by atoms with Crippen molar-refractivity contribution < 1.29 is 36.2 Å². The molecule has 0 amide bonds. The summed E-state index contributed by atoms with van der Waals surface area (Å²) in [6.07, 6.45) is -2.38. The van der Waals surface area contributed by atoms with E-state index in [1.165, 1.54) is 28.9 Å². The SMILES string of the molecule is Cc1c(CC(=O)O)c2ccc(C#N)cn2c1C(c1ccc[nH]1)S(=O)(=O)c1ccc(OC(F)(F)F)cc1. The third-order valence-electron chi connectivity index (χ3n) is 5.66. The fourth-order valence-corrected chi connectivity index (χ4v) is 6.03. The van der Waals surface area contributed by atoms with E-state index in [-0.39, 0.29) is 28.3 Å². The van der Waals surface area contributed by atoms with Crippen molar-refractivity contribution in [3.05, 3.63) is 89.0 Å². The van der Waals surface area contributed by atoms with Crippen molar-refractivity contribution in [3.63, 3.8) is 0 Å². The van der Waals surface area contributed by atoms with Gasteiger partial charge < -0.3 is 19.2 Å². The average Bonchev–Trinajstić information content (AvgIpc) is 3.41. The molecule has 0 fully saturated rings. The van der Waals surface area contributed by atoms with Crippen LogP contribution in [-0.2, 0) is 21.1 Å². The number of carboxylic acid groups (broad SMARTS) is 1. The Bertz CT molecular complexity index is 1580. The van der Waals surface area contributed by atoms with Crippen LogP contribution in [0.1, 0.15) is 33.3 Å². The van der Waals surface area contributed by atoms with Crippen LogP contribution in [0, 0.1) is 18.3 Å². The van der Waals surface area contributed by atoms with Gasteiger partial charge in [-0.05, 0) is 66.6 Å². The Labute approximate surface area is 203 Å². The van der Waals surface area contributed by atoms with Gasteiger partial charge in [-0.1, -0.05) is 0 Å². The van der Waals surface area contributed by atoms with Gasteiger partial charge in [-0.2, -0.15) is 5.26 Å². The number of rotatable bonds is 7. The zero-order chi connectivity index (χ0) is 26.3. The van der Waals surface area contributed by atoms with Gasteiger partial charge in [-0.3, -0.25) is 4.79 Å². The van der Waals surface area contributed by atoms with Crippen molar-refractivity contribution in [1.29, 1.82) is 5.26 Å². The number of fused-ring (bicyclic) bond motifs is 1. The number of H-pyrrole nitrogens is 1.